The summed E-state index contributed by atoms with van der Waals surface area (Å²) in [5.74, 6) is -0.000318. The number of oxime groups is 1. The Bertz CT molecular complexity index is 498. The van der Waals surface area contributed by atoms with Crippen LogP contribution in [0.3, 0.4) is 0 Å². The van der Waals surface area contributed by atoms with Crippen LogP contribution in [0.2, 0.25) is 0 Å². The number of nitrogens with zero attached hydrogens (tertiary/aromatic N) is 3. The Morgan fingerprint density at radius 3 is 3.00 bits per heavy atom. The van der Waals surface area contributed by atoms with Gasteiger partial charge in [0.05, 0.1) is 0 Å². The molecule has 0 aliphatic rings. The van der Waals surface area contributed by atoms with E-state index in [0.29, 0.717) is 5.69 Å². The van der Waals surface area contributed by atoms with E-state index in [1.54, 1.807) is 18.5 Å². The maximum absolute atomic E-state index is 8.64. The molecule has 0 atom stereocenters. The van der Waals surface area contributed by atoms with E-state index in [2.05, 4.69) is 15.1 Å². The molecule has 2 aromatic heterocycles. The molecule has 0 unspecified atom stereocenters. The third kappa shape index (κ3) is 2.31. The average Bonchev–Trinajstić information content (AvgIpc) is 2.82. The zero-order valence-electron chi connectivity index (χ0n) is 8.07. The van der Waals surface area contributed by atoms with Crippen LogP contribution in [0, 0.1) is 0 Å². The van der Waals surface area contributed by atoms with Crippen molar-refractivity contribution in [1.29, 1.82) is 0 Å². The monoisotopic (exact) mass is 252 g/mol. The number of rotatable bonds is 3. The van der Waals surface area contributed by atoms with Crippen LogP contribution in [0.25, 0.3) is 0 Å². The topological polar surface area (TPSA) is 84.4 Å². The number of nitrogens with two attached hydrogens (primary N) is 1. The van der Waals surface area contributed by atoms with Crippen molar-refractivity contribution in [3.05, 3.63) is 35.6 Å². The fourth-order valence-corrected chi connectivity index (χ4v) is 2.76. The predicted octanol–water partition coefficient (Wildman–Crippen LogP) is 1.78. The molecule has 82 valence electrons. The fraction of sp³-hybridized carbons (Fsp3) is 0. The van der Waals surface area contributed by atoms with Gasteiger partial charge < -0.3 is 10.9 Å². The van der Waals surface area contributed by atoms with Crippen LogP contribution in [0.4, 0.5) is 0 Å². The third-order valence-electron chi connectivity index (χ3n) is 1.73. The maximum atomic E-state index is 8.64. The Morgan fingerprint density at radius 1 is 1.44 bits per heavy atom. The Labute approximate surface area is 100 Å². The first kappa shape index (κ1) is 10.9. The molecule has 0 saturated carbocycles. The lowest BCUT2D eigenvalue weighted by atomic mass is 10.3. The van der Waals surface area contributed by atoms with Gasteiger partial charge in [0.2, 0.25) is 0 Å². The van der Waals surface area contributed by atoms with Gasteiger partial charge in [-0.05, 0) is 12.1 Å². The minimum Gasteiger partial charge on any atom is -0.409 e. The van der Waals surface area contributed by atoms with Gasteiger partial charge in [-0.25, -0.2) is 4.98 Å². The number of pyridine rings is 1. The van der Waals surface area contributed by atoms with Gasteiger partial charge in [-0.2, -0.15) is 0 Å². The highest BCUT2D eigenvalue weighted by Gasteiger charge is 2.10. The SMILES string of the molecule is N/C(=N/O)c1ncccc1Sc1nccs1. The number of thiazole rings is 1. The first-order valence-electron chi connectivity index (χ1n) is 4.31. The molecule has 0 aromatic carbocycles. The molecule has 5 nitrogen and oxygen atoms in total. The number of hydrogen-bond donors (Lipinski definition) is 2. The van der Waals surface area contributed by atoms with Crippen LogP contribution in [0.5, 0.6) is 0 Å². The molecule has 3 N–H and O–H groups in total. The second-order valence-corrected chi connectivity index (χ2v) is 4.92. The molecule has 2 rings (SSSR count). The first-order valence-corrected chi connectivity index (χ1v) is 6.01. The molecule has 0 fully saturated rings. The highest BCUT2D eigenvalue weighted by molar-refractivity contribution is 8.01. The average molecular weight is 252 g/mol. The zero-order chi connectivity index (χ0) is 11.4. The molecular formula is C9H8N4OS2. The van der Waals surface area contributed by atoms with Gasteiger partial charge in [0.25, 0.3) is 0 Å². The summed E-state index contributed by atoms with van der Waals surface area (Å²) in [6, 6.07) is 3.65. The van der Waals surface area contributed by atoms with E-state index in [1.807, 2.05) is 11.4 Å². The second kappa shape index (κ2) is 4.95. The van der Waals surface area contributed by atoms with Crippen molar-refractivity contribution in [2.75, 3.05) is 0 Å². The van der Waals surface area contributed by atoms with Crippen molar-refractivity contribution in [2.45, 2.75) is 9.24 Å². The van der Waals surface area contributed by atoms with Crippen molar-refractivity contribution in [2.24, 2.45) is 10.9 Å². The zero-order valence-corrected chi connectivity index (χ0v) is 9.70. The summed E-state index contributed by atoms with van der Waals surface area (Å²) in [7, 11) is 0. The molecule has 7 heteroatoms. The summed E-state index contributed by atoms with van der Waals surface area (Å²) in [4.78, 5) is 9.03. The Kier molecular flexibility index (Phi) is 3.37. The molecule has 0 aliphatic heterocycles. The summed E-state index contributed by atoms with van der Waals surface area (Å²) in [5.41, 5.74) is 5.99. The molecule has 2 aromatic rings. The summed E-state index contributed by atoms with van der Waals surface area (Å²) in [5, 5.41) is 13.5. The molecule has 16 heavy (non-hydrogen) atoms. The van der Waals surface area contributed by atoms with Crippen LogP contribution in [-0.2, 0) is 0 Å². The van der Waals surface area contributed by atoms with Crippen molar-refractivity contribution >= 4 is 28.9 Å². The van der Waals surface area contributed by atoms with Gasteiger partial charge in [-0.1, -0.05) is 16.9 Å². The van der Waals surface area contributed by atoms with E-state index < -0.39 is 0 Å². The van der Waals surface area contributed by atoms with E-state index in [0.717, 1.165) is 9.24 Å². The quantitative estimate of drug-likeness (QED) is 0.376. The first-order chi connectivity index (χ1) is 7.81. The second-order valence-electron chi connectivity index (χ2n) is 2.74. The summed E-state index contributed by atoms with van der Waals surface area (Å²) < 4.78 is 0.889. The van der Waals surface area contributed by atoms with Crippen LogP contribution in [0.1, 0.15) is 5.69 Å². The summed E-state index contributed by atoms with van der Waals surface area (Å²) in [6.45, 7) is 0. The minimum absolute atomic E-state index is 0.000318. The third-order valence-corrected chi connectivity index (χ3v) is 3.66. The van der Waals surface area contributed by atoms with Crippen molar-refractivity contribution < 1.29 is 5.21 Å². The predicted molar refractivity (Wildman–Crippen MR) is 63.0 cm³/mol. The summed E-state index contributed by atoms with van der Waals surface area (Å²) >= 11 is 2.96. The van der Waals surface area contributed by atoms with Crippen molar-refractivity contribution in [3.8, 4) is 0 Å². The van der Waals surface area contributed by atoms with Gasteiger partial charge in [0.15, 0.2) is 10.2 Å². The van der Waals surface area contributed by atoms with Gasteiger partial charge in [0.1, 0.15) is 5.69 Å². The van der Waals surface area contributed by atoms with E-state index in [9.17, 15) is 0 Å². The van der Waals surface area contributed by atoms with Crippen molar-refractivity contribution in [3.63, 3.8) is 0 Å². The standard InChI is InChI=1S/C9H8N4OS2/c10-8(13-14)7-6(2-1-3-11-7)16-9-12-4-5-15-9/h1-5,14H,(H2,10,13). The van der Waals surface area contributed by atoms with E-state index in [1.165, 1.54) is 23.1 Å². The molecular weight excluding hydrogens is 244 g/mol. The Balaban J connectivity index is 2.34. The number of aromatic nitrogens is 2. The van der Waals surface area contributed by atoms with Gasteiger partial charge in [0, 0.05) is 22.7 Å². The van der Waals surface area contributed by atoms with Crippen molar-refractivity contribution in [1.82, 2.24) is 9.97 Å². The van der Waals surface area contributed by atoms with Crippen LogP contribution in [0.15, 0.2) is 44.3 Å². The van der Waals surface area contributed by atoms with Gasteiger partial charge in [-0.3, -0.25) is 4.98 Å². The molecule has 0 radical (unpaired) electrons. The maximum Gasteiger partial charge on any atom is 0.189 e. The Morgan fingerprint density at radius 2 is 2.31 bits per heavy atom. The largest absolute Gasteiger partial charge is 0.409 e. The minimum atomic E-state index is -0.000318. The lowest BCUT2D eigenvalue weighted by Gasteiger charge is -2.03. The molecule has 0 saturated heterocycles. The molecule has 2 heterocycles. The molecule has 0 aliphatic carbocycles. The smallest absolute Gasteiger partial charge is 0.189 e. The van der Waals surface area contributed by atoms with E-state index >= 15 is 0 Å². The summed E-state index contributed by atoms with van der Waals surface area (Å²) in [6.07, 6.45) is 3.33. The molecule has 0 amide bonds. The Hall–Kier alpha value is -1.60. The van der Waals surface area contributed by atoms with E-state index in [4.69, 9.17) is 10.9 Å². The highest BCUT2D eigenvalue weighted by Crippen LogP contribution is 2.30. The van der Waals surface area contributed by atoms with Crippen LogP contribution in [-0.4, -0.2) is 21.0 Å². The van der Waals surface area contributed by atoms with Crippen LogP contribution < -0.4 is 5.73 Å². The normalized spacial score (nSPS) is 11.6. The van der Waals surface area contributed by atoms with E-state index in [-0.39, 0.29) is 5.84 Å². The fourth-order valence-electron chi connectivity index (χ4n) is 1.07. The molecule has 0 bridgehead atoms. The number of hydrogen-bond acceptors (Lipinski definition) is 6. The van der Waals surface area contributed by atoms with Crippen LogP contribution >= 0.6 is 23.1 Å². The lowest BCUT2D eigenvalue weighted by Crippen LogP contribution is -2.15. The number of amidine groups is 1. The lowest BCUT2D eigenvalue weighted by molar-refractivity contribution is 0.318. The molecule has 0 spiro atoms. The highest BCUT2D eigenvalue weighted by atomic mass is 32.2. The van der Waals surface area contributed by atoms with Gasteiger partial charge >= 0.3 is 0 Å². The van der Waals surface area contributed by atoms with Gasteiger partial charge in [-0.15, -0.1) is 11.3 Å².